The van der Waals surface area contributed by atoms with E-state index in [0.29, 0.717) is 28.1 Å². The molecule has 0 fully saturated rings. The highest BCUT2D eigenvalue weighted by molar-refractivity contribution is 8.00. The molecule has 3 rings (SSSR count). The van der Waals surface area contributed by atoms with Crippen LogP contribution in [0.5, 0.6) is 0 Å². The molecule has 0 radical (unpaired) electrons. The number of benzene rings is 2. The van der Waals surface area contributed by atoms with Crippen LogP contribution in [-0.2, 0) is 11.3 Å². The van der Waals surface area contributed by atoms with Gasteiger partial charge in [0, 0.05) is 10.9 Å². The van der Waals surface area contributed by atoms with Crippen LogP contribution in [0.25, 0.3) is 11.5 Å². The first-order valence-corrected chi connectivity index (χ1v) is 9.95. The fourth-order valence-electron chi connectivity index (χ4n) is 2.51. The van der Waals surface area contributed by atoms with Crippen LogP contribution in [0, 0.1) is 0 Å². The van der Waals surface area contributed by atoms with Crippen LogP contribution in [0.4, 0.5) is 0 Å². The van der Waals surface area contributed by atoms with E-state index in [1.54, 1.807) is 11.0 Å². The van der Waals surface area contributed by atoms with Crippen molar-refractivity contribution in [2.24, 2.45) is 0 Å². The summed E-state index contributed by atoms with van der Waals surface area (Å²) in [6.07, 6.45) is 0. The molecule has 7 heteroatoms. The number of hydrogen-bond donors (Lipinski definition) is 0. The van der Waals surface area contributed by atoms with Gasteiger partial charge >= 0.3 is 0 Å². The lowest BCUT2D eigenvalue weighted by Gasteiger charge is -2.25. The quantitative estimate of drug-likeness (QED) is 0.526. The van der Waals surface area contributed by atoms with Crippen molar-refractivity contribution in [3.05, 3.63) is 65.5 Å². The Hall–Kier alpha value is -2.31. The Morgan fingerprint density at radius 3 is 2.52 bits per heavy atom. The molecule has 0 bridgehead atoms. The molecule has 3 aromatic rings. The smallest absolute Gasteiger partial charge is 0.249 e. The van der Waals surface area contributed by atoms with Gasteiger partial charge in [-0.15, -0.1) is 22.0 Å². The lowest BCUT2D eigenvalue weighted by Crippen LogP contribution is -2.37. The molecule has 5 nitrogen and oxygen atoms in total. The summed E-state index contributed by atoms with van der Waals surface area (Å²) in [6, 6.07) is 17.2. The molecule has 1 amide bonds. The number of thioether (sulfide) groups is 1. The molecule has 2 aromatic carbocycles. The van der Waals surface area contributed by atoms with Crippen molar-refractivity contribution in [1.29, 1.82) is 0 Å². The first kappa shape index (κ1) is 19.5. The van der Waals surface area contributed by atoms with E-state index in [1.807, 2.05) is 62.4 Å². The third-order valence-electron chi connectivity index (χ3n) is 3.93. The highest BCUT2D eigenvalue weighted by atomic mass is 35.5. The summed E-state index contributed by atoms with van der Waals surface area (Å²) in [5.41, 5.74) is 0.681. The molecule has 0 saturated carbocycles. The maximum Gasteiger partial charge on any atom is 0.249 e. The molecule has 0 spiro atoms. The summed E-state index contributed by atoms with van der Waals surface area (Å²) in [7, 11) is 0. The Bertz CT molecular complexity index is 899. The molecule has 0 atom stereocenters. The Labute approximate surface area is 167 Å². The number of aromatic nitrogens is 2. The average Bonchev–Trinajstić information content (AvgIpc) is 3.13. The fourth-order valence-corrected chi connectivity index (χ4v) is 3.53. The van der Waals surface area contributed by atoms with Crippen molar-refractivity contribution >= 4 is 29.3 Å². The number of hydrogen-bond acceptors (Lipinski definition) is 5. The van der Waals surface area contributed by atoms with Crippen molar-refractivity contribution < 1.29 is 9.21 Å². The van der Waals surface area contributed by atoms with Crippen molar-refractivity contribution in [3.63, 3.8) is 0 Å². The zero-order valence-electron chi connectivity index (χ0n) is 15.1. The molecule has 0 aliphatic heterocycles. The molecule has 0 unspecified atom stereocenters. The van der Waals surface area contributed by atoms with E-state index in [4.69, 9.17) is 16.0 Å². The Morgan fingerprint density at radius 1 is 1.11 bits per heavy atom. The molecule has 1 aromatic heterocycles. The summed E-state index contributed by atoms with van der Waals surface area (Å²) in [6.45, 7) is 4.20. The van der Waals surface area contributed by atoms with Gasteiger partial charge in [-0.2, -0.15) is 0 Å². The van der Waals surface area contributed by atoms with Crippen LogP contribution in [0.2, 0.25) is 5.02 Å². The maximum atomic E-state index is 12.7. The molecular weight excluding hydrogens is 382 g/mol. The molecule has 0 aliphatic rings. The van der Waals surface area contributed by atoms with E-state index < -0.39 is 0 Å². The second kappa shape index (κ2) is 9.06. The van der Waals surface area contributed by atoms with Crippen LogP contribution in [0.1, 0.15) is 19.7 Å². The van der Waals surface area contributed by atoms with E-state index in [2.05, 4.69) is 10.2 Å². The first-order chi connectivity index (χ1) is 13.0. The molecule has 140 valence electrons. The lowest BCUT2D eigenvalue weighted by molar-refractivity contribution is -0.131. The number of carbonyl (C=O) groups excluding carboxylic acids is 1. The van der Waals surface area contributed by atoms with Gasteiger partial charge in [0.05, 0.1) is 22.9 Å². The molecule has 0 saturated heterocycles. The number of halogens is 1. The predicted octanol–water partition coefficient (Wildman–Crippen LogP) is 4.92. The van der Waals surface area contributed by atoms with Crippen LogP contribution in [0.3, 0.4) is 0 Å². The highest BCUT2D eigenvalue weighted by Gasteiger charge is 2.21. The van der Waals surface area contributed by atoms with Crippen molar-refractivity contribution in [1.82, 2.24) is 15.1 Å². The monoisotopic (exact) mass is 401 g/mol. The zero-order valence-corrected chi connectivity index (χ0v) is 16.7. The normalized spacial score (nSPS) is 11.0. The fraction of sp³-hybridized carbons (Fsp3) is 0.250. The predicted molar refractivity (Wildman–Crippen MR) is 108 cm³/mol. The zero-order chi connectivity index (χ0) is 19.2. The lowest BCUT2D eigenvalue weighted by atomic mass is 10.2. The number of rotatable bonds is 7. The summed E-state index contributed by atoms with van der Waals surface area (Å²) < 4.78 is 5.74. The molecule has 27 heavy (non-hydrogen) atoms. The van der Waals surface area contributed by atoms with E-state index in [0.717, 1.165) is 4.90 Å². The number of nitrogens with zero attached hydrogens (tertiary/aromatic N) is 3. The van der Waals surface area contributed by atoms with Crippen LogP contribution in [-0.4, -0.2) is 32.8 Å². The summed E-state index contributed by atoms with van der Waals surface area (Å²) in [5, 5.41) is 8.69. The first-order valence-electron chi connectivity index (χ1n) is 8.59. The molecule has 0 N–H and O–H groups in total. The highest BCUT2D eigenvalue weighted by Crippen LogP contribution is 2.26. The number of amides is 1. The molecule has 1 heterocycles. The topological polar surface area (TPSA) is 59.2 Å². The van der Waals surface area contributed by atoms with Crippen LogP contribution < -0.4 is 0 Å². The van der Waals surface area contributed by atoms with Gasteiger partial charge in [-0.1, -0.05) is 41.9 Å². The van der Waals surface area contributed by atoms with Gasteiger partial charge in [0.1, 0.15) is 0 Å². The Kier molecular flexibility index (Phi) is 6.53. The van der Waals surface area contributed by atoms with Crippen molar-refractivity contribution in [2.45, 2.75) is 31.3 Å². The second-order valence-electron chi connectivity index (χ2n) is 6.20. The summed E-state index contributed by atoms with van der Waals surface area (Å²) >= 11 is 7.69. The standard InChI is InChI=1S/C20H20ClN3O2S/c1-14(2)24(19(25)13-27-15-8-4-3-5-9-15)12-18-22-23-20(26-18)16-10-6-7-11-17(16)21/h3-11,14H,12-13H2,1-2H3. The maximum absolute atomic E-state index is 12.7. The average molecular weight is 402 g/mol. The Morgan fingerprint density at radius 2 is 1.81 bits per heavy atom. The van der Waals surface area contributed by atoms with E-state index in [-0.39, 0.29) is 18.5 Å². The van der Waals surface area contributed by atoms with E-state index in [9.17, 15) is 4.79 Å². The summed E-state index contributed by atoms with van der Waals surface area (Å²) in [5.74, 6) is 1.12. The molecular formula is C20H20ClN3O2S. The number of carbonyl (C=O) groups is 1. The minimum Gasteiger partial charge on any atom is -0.419 e. The minimum absolute atomic E-state index is 0.0181. The molecule has 0 aliphatic carbocycles. The van der Waals surface area contributed by atoms with Gasteiger partial charge in [-0.25, -0.2) is 0 Å². The van der Waals surface area contributed by atoms with Gasteiger partial charge in [0.2, 0.25) is 17.7 Å². The minimum atomic E-state index is 0.0181. The third kappa shape index (κ3) is 5.11. The van der Waals surface area contributed by atoms with Crippen molar-refractivity contribution in [3.8, 4) is 11.5 Å². The van der Waals surface area contributed by atoms with Crippen LogP contribution in [0.15, 0.2) is 63.9 Å². The van der Waals surface area contributed by atoms with Gasteiger partial charge in [0.15, 0.2) is 0 Å². The summed E-state index contributed by atoms with van der Waals surface area (Å²) in [4.78, 5) is 15.5. The van der Waals surface area contributed by atoms with E-state index in [1.165, 1.54) is 11.8 Å². The Balaban J connectivity index is 1.68. The van der Waals surface area contributed by atoms with Gasteiger partial charge in [-0.3, -0.25) is 4.79 Å². The van der Waals surface area contributed by atoms with E-state index >= 15 is 0 Å². The largest absolute Gasteiger partial charge is 0.419 e. The van der Waals surface area contributed by atoms with Crippen LogP contribution >= 0.6 is 23.4 Å². The SMILES string of the molecule is CC(C)N(Cc1nnc(-c2ccccc2Cl)o1)C(=O)CSc1ccccc1. The van der Waals surface area contributed by atoms with Crippen molar-refractivity contribution in [2.75, 3.05) is 5.75 Å². The van der Waals surface area contributed by atoms with Gasteiger partial charge in [-0.05, 0) is 38.1 Å². The van der Waals surface area contributed by atoms with Gasteiger partial charge < -0.3 is 9.32 Å². The van der Waals surface area contributed by atoms with Gasteiger partial charge in [0.25, 0.3) is 0 Å². The second-order valence-corrected chi connectivity index (χ2v) is 7.65. The third-order valence-corrected chi connectivity index (χ3v) is 5.25.